The molecule has 1 saturated heterocycles. The molecule has 0 bridgehead atoms. The van der Waals surface area contributed by atoms with Crippen molar-refractivity contribution in [3.05, 3.63) is 21.3 Å². The molecule has 1 aromatic heterocycles. The summed E-state index contributed by atoms with van der Waals surface area (Å²) in [6.07, 6.45) is 0. The first-order valence-electron chi connectivity index (χ1n) is 5.15. The van der Waals surface area contributed by atoms with E-state index in [1.165, 1.54) is 4.88 Å². The predicted octanol–water partition coefficient (Wildman–Crippen LogP) is 1.65. The minimum absolute atomic E-state index is 0.866. The van der Waals surface area contributed by atoms with Crippen molar-refractivity contribution in [1.29, 1.82) is 0 Å². The van der Waals surface area contributed by atoms with E-state index in [1.807, 2.05) is 6.07 Å². The molecule has 1 aliphatic heterocycles. The maximum Gasteiger partial charge on any atom is 0.0931 e. The third-order valence-electron chi connectivity index (χ3n) is 2.61. The lowest BCUT2D eigenvalue weighted by Crippen LogP contribution is -2.50. The Morgan fingerprint density at radius 1 is 1.33 bits per heavy atom. The van der Waals surface area contributed by atoms with Gasteiger partial charge in [0.25, 0.3) is 0 Å². The van der Waals surface area contributed by atoms with Gasteiger partial charge in [-0.1, -0.05) is 11.6 Å². The Morgan fingerprint density at radius 3 is 2.67 bits per heavy atom. The summed E-state index contributed by atoms with van der Waals surface area (Å²) in [6.45, 7) is 5.35. The van der Waals surface area contributed by atoms with Crippen LogP contribution < -0.4 is 5.43 Å². The number of hydrogen-bond acceptors (Lipinski definition) is 4. The standard InChI is InChI=1S/C10H16ClN3S/c1-13-4-6-14(7-5-13)12-8-9-2-3-10(11)15-9/h2-3,12H,4-8H2,1H3. The van der Waals surface area contributed by atoms with Crippen LogP contribution in [0.15, 0.2) is 12.1 Å². The molecule has 0 radical (unpaired) electrons. The molecule has 2 rings (SSSR count). The summed E-state index contributed by atoms with van der Waals surface area (Å²) in [5.74, 6) is 0. The van der Waals surface area contributed by atoms with Crippen LogP contribution >= 0.6 is 22.9 Å². The smallest absolute Gasteiger partial charge is 0.0931 e. The van der Waals surface area contributed by atoms with Crippen LogP contribution in [0.1, 0.15) is 4.88 Å². The van der Waals surface area contributed by atoms with Gasteiger partial charge >= 0.3 is 0 Å². The molecule has 2 heterocycles. The first-order chi connectivity index (χ1) is 7.24. The van der Waals surface area contributed by atoms with Gasteiger partial charge in [-0.3, -0.25) is 0 Å². The molecule has 1 fully saturated rings. The van der Waals surface area contributed by atoms with Gasteiger partial charge in [-0.25, -0.2) is 10.4 Å². The van der Waals surface area contributed by atoms with Crippen molar-refractivity contribution in [2.45, 2.75) is 6.54 Å². The highest BCUT2D eigenvalue weighted by Crippen LogP contribution is 2.21. The molecule has 0 saturated carbocycles. The van der Waals surface area contributed by atoms with E-state index in [1.54, 1.807) is 11.3 Å². The normalized spacial score (nSPS) is 19.6. The second-order valence-corrected chi connectivity index (χ2v) is 5.63. The summed E-state index contributed by atoms with van der Waals surface area (Å²) < 4.78 is 0.866. The number of nitrogens with zero attached hydrogens (tertiary/aromatic N) is 2. The molecule has 1 aromatic rings. The van der Waals surface area contributed by atoms with Gasteiger partial charge in [0, 0.05) is 37.6 Å². The first kappa shape index (κ1) is 11.4. The van der Waals surface area contributed by atoms with Crippen molar-refractivity contribution in [2.75, 3.05) is 33.2 Å². The van der Waals surface area contributed by atoms with Crippen molar-refractivity contribution in [2.24, 2.45) is 0 Å². The third kappa shape index (κ3) is 3.43. The molecule has 1 N–H and O–H groups in total. The summed E-state index contributed by atoms with van der Waals surface area (Å²) in [7, 11) is 2.16. The lowest BCUT2D eigenvalue weighted by atomic mass is 10.4. The molecular formula is C10H16ClN3S. The molecule has 1 aliphatic rings. The fourth-order valence-electron chi connectivity index (χ4n) is 1.60. The number of thiophene rings is 1. The Balaban J connectivity index is 1.74. The monoisotopic (exact) mass is 245 g/mol. The van der Waals surface area contributed by atoms with E-state index < -0.39 is 0 Å². The van der Waals surface area contributed by atoms with Crippen LogP contribution in [0.2, 0.25) is 4.34 Å². The molecule has 0 amide bonds. The summed E-state index contributed by atoms with van der Waals surface area (Å²) in [5, 5.41) is 2.29. The van der Waals surface area contributed by atoms with Crippen LogP contribution in [-0.2, 0) is 6.54 Å². The van der Waals surface area contributed by atoms with Gasteiger partial charge in [0.15, 0.2) is 0 Å². The van der Waals surface area contributed by atoms with Gasteiger partial charge in [-0.15, -0.1) is 11.3 Å². The highest BCUT2D eigenvalue weighted by molar-refractivity contribution is 7.16. The van der Waals surface area contributed by atoms with Gasteiger partial charge in [-0.2, -0.15) is 0 Å². The van der Waals surface area contributed by atoms with Crippen molar-refractivity contribution in [3.63, 3.8) is 0 Å². The van der Waals surface area contributed by atoms with Crippen molar-refractivity contribution in [3.8, 4) is 0 Å². The molecule has 3 nitrogen and oxygen atoms in total. The number of piperazine rings is 1. The van der Waals surface area contributed by atoms with Crippen LogP contribution in [0.3, 0.4) is 0 Å². The minimum atomic E-state index is 0.866. The van der Waals surface area contributed by atoms with Crippen LogP contribution in [-0.4, -0.2) is 43.1 Å². The number of likely N-dealkylation sites (N-methyl/N-ethyl adjacent to an activating group) is 1. The number of nitrogens with one attached hydrogen (secondary N) is 1. The van der Waals surface area contributed by atoms with E-state index in [2.05, 4.69) is 28.4 Å². The average molecular weight is 246 g/mol. The summed E-state index contributed by atoms with van der Waals surface area (Å²) in [4.78, 5) is 3.64. The number of halogens is 1. The van der Waals surface area contributed by atoms with Crippen molar-refractivity contribution in [1.82, 2.24) is 15.3 Å². The lowest BCUT2D eigenvalue weighted by Gasteiger charge is -2.32. The van der Waals surface area contributed by atoms with Crippen molar-refractivity contribution < 1.29 is 0 Å². The fourth-order valence-corrected chi connectivity index (χ4v) is 2.62. The van der Waals surface area contributed by atoms with E-state index in [0.717, 1.165) is 37.1 Å². The molecule has 0 aromatic carbocycles. The SMILES string of the molecule is CN1CCN(NCc2ccc(Cl)s2)CC1. The van der Waals surface area contributed by atoms with E-state index in [0.29, 0.717) is 0 Å². The Bertz CT molecular complexity index is 307. The molecule has 0 atom stereocenters. The van der Waals surface area contributed by atoms with Crippen molar-refractivity contribution >= 4 is 22.9 Å². The Hall–Kier alpha value is -0.130. The minimum Gasteiger partial charge on any atom is -0.304 e. The fraction of sp³-hybridized carbons (Fsp3) is 0.600. The highest BCUT2D eigenvalue weighted by atomic mass is 35.5. The molecule has 0 aliphatic carbocycles. The third-order valence-corrected chi connectivity index (χ3v) is 3.84. The average Bonchev–Trinajstić information content (AvgIpc) is 2.64. The van der Waals surface area contributed by atoms with Gasteiger partial charge < -0.3 is 4.90 Å². The largest absolute Gasteiger partial charge is 0.304 e. The zero-order valence-corrected chi connectivity index (χ0v) is 10.4. The molecule has 0 unspecified atom stereocenters. The second-order valence-electron chi connectivity index (χ2n) is 3.83. The predicted molar refractivity (Wildman–Crippen MR) is 65.2 cm³/mol. The zero-order chi connectivity index (χ0) is 10.7. The first-order valence-corrected chi connectivity index (χ1v) is 6.35. The number of rotatable bonds is 3. The van der Waals surface area contributed by atoms with Crippen LogP contribution in [0, 0.1) is 0 Å². The van der Waals surface area contributed by atoms with E-state index in [9.17, 15) is 0 Å². The Labute approximate surface area is 99.6 Å². The second kappa shape index (κ2) is 5.27. The van der Waals surface area contributed by atoms with Gasteiger partial charge in [0.2, 0.25) is 0 Å². The van der Waals surface area contributed by atoms with Gasteiger partial charge in [0.1, 0.15) is 0 Å². The molecule has 0 spiro atoms. The van der Waals surface area contributed by atoms with Gasteiger partial charge in [0.05, 0.1) is 4.34 Å². The van der Waals surface area contributed by atoms with Crippen LogP contribution in [0.25, 0.3) is 0 Å². The van der Waals surface area contributed by atoms with Crippen LogP contribution in [0.4, 0.5) is 0 Å². The summed E-state index contributed by atoms with van der Waals surface area (Å²) in [5.41, 5.74) is 3.43. The topological polar surface area (TPSA) is 18.5 Å². The summed E-state index contributed by atoms with van der Waals surface area (Å²) >= 11 is 7.51. The lowest BCUT2D eigenvalue weighted by molar-refractivity contribution is 0.102. The summed E-state index contributed by atoms with van der Waals surface area (Å²) in [6, 6.07) is 4.03. The van der Waals surface area contributed by atoms with E-state index in [4.69, 9.17) is 11.6 Å². The molecule has 5 heteroatoms. The Morgan fingerprint density at radius 2 is 2.07 bits per heavy atom. The maximum absolute atomic E-state index is 5.87. The highest BCUT2D eigenvalue weighted by Gasteiger charge is 2.12. The van der Waals surface area contributed by atoms with Crippen LogP contribution in [0.5, 0.6) is 0 Å². The van der Waals surface area contributed by atoms with E-state index in [-0.39, 0.29) is 0 Å². The van der Waals surface area contributed by atoms with E-state index >= 15 is 0 Å². The number of hydrazine groups is 1. The zero-order valence-electron chi connectivity index (χ0n) is 8.87. The molecular weight excluding hydrogens is 230 g/mol. The molecule has 84 valence electrons. The van der Waals surface area contributed by atoms with Gasteiger partial charge in [-0.05, 0) is 19.2 Å². The number of hydrogen-bond donors (Lipinski definition) is 1. The maximum atomic E-state index is 5.87. The quantitative estimate of drug-likeness (QED) is 0.874. The molecule has 15 heavy (non-hydrogen) atoms. The Kier molecular flexibility index (Phi) is 3.99.